The van der Waals surface area contributed by atoms with Gasteiger partial charge in [-0.1, -0.05) is 6.58 Å². The van der Waals surface area contributed by atoms with E-state index in [0.717, 1.165) is 12.1 Å². The van der Waals surface area contributed by atoms with E-state index in [2.05, 4.69) is 6.58 Å². The Kier molecular flexibility index (Phi) is 2.00. The molecule has 3 heteroatoms. The van der Waals surface area contributed by atoms with Crippen LogP contribution in [-0.2, 0) is 4.79 Å². The molecule has 72 valence electrons. The predicted octanol–water partition coefficient (Wildman–Crippen LogP) is 1.69. The van der Waals surface area contributed by atoms with E-state index >= 15 is 0 Å². The summed E-state index contributed by atoms with van der Waals surface area (Å²) in [7, 11) is 0. The number of hydrogen-bond acceptors (Lipinski definition) is 2. The normalized spacial score (nSPS) is 16.4. The Morgan fingerprint density at radius 1 is 1.29 bits per heavy atom. The third kappa shape index (κ3) is 1.37. The Morgan fingerprint density at radius 2 is 1.93 bits per heavy atom. The van der Waals surface area contributed by atoms with Crippen molar-refractivity contribution >= 4 is 11.6 Å². The zero-order valence-corrected chi connectivity index (χ0v) is 7.73. The first kappa shape index (κ1) is 8.81. The van der Waals surface area contributed by atoms with Gasteiger partial charge in [-0.25, -0.2) is 0 Å². The molecule has 1 saturated heterocycles. The molecule has 3 nitrogen and oxygen atoms in total. The summed E-state index contributed by atoms with van der Waals surface area (Å²) in [4.78, 5) is 13.2. The molecule has 1 aromatic rings. The van der Waals surface area contributed by atoms with Gasteiger partial charge in [0, 0.05) is 17.8 Å². The number of benzene rings is 1. The maximum absolute atomic E-state index is 11.6. The lowest BCUT2D eigenvalue weighted by Gasteiger charge is -2.14. The second kappa shape index (κ2) is 3.18. The molecule has 2 rings (SSSR count). The van der Waals surface area contributed by atoms with Gasteiger partial charge in [0.1, 0.15) is 5.75 Å². The molecule has 0 saturated carbocycles. The lowest BCUT2D eigenvalue weighted by Crippen LogP contribution is -2.23. The van der Waals surface area contributed by atoms with Crippen molar-refractivity contribution < 1.29 is 9.90 Å². The van der Waals surface area contributed by atoms with Crippen LogP contribution in [0.15, 0.2) is 36.4 Å². The Hall–Kier alpha value is -1.77. The highest BCUT2D eigenvalue weighted by atomic mass is 16.3. The topological polar surface area (TPSA) is 40.5 Å². The first-order chi connectivity index (χ1) is 6.68. The van der Waals surface area contributed by atoms with Gasteiger partial charge in [-0.05, 0) is 30.7 Å². The number of hydrogen-bond donors (Lipinski definition) is 1. The molecule has 14 heavy (non-hydrogen) atoms. The number of carbonyl (C=O) groups is 1. The van der Waals surface area contributed by atoms with Crippen LogP contribution in [0.5, 0.6) is 5.75 Å². The molecule has 0 bridgehead atoms. The molecule has 1 fully saturated rings. The number of anilines is 1. The highest BCUT2D eigenvalue weighted by molar-refractivity contribution is 6.07. The van der Waals surface area contributed by atoms with Gasteiger partial charge < -0.3 is 10.0 Å². The summed E-state index contributed by atoms with van der Waals surface area (Å²) in [5.41, 5.74) is 1.46. The Bertz CT molecular complexity index is 381. The van der Waals surface area contributed by atoms with Crippen molar-refractivity contribution in [3.8, 4) is 5.75 Å². The summed E-state index contributed by atoms with van der Waals surface area (Å²) in [5.74, 6) is 0.190. The fourth-order valence-electron chi connectivity index (χ4n) is 1.53. The van der Waals surface area contributed by atoms with Gasteiger partial charge in [0.2, 0.25) is 0 Å². The maximum atomic E-state index is 11.6. The summed E-state index contributed by atoms with van der Waals surface area (Å²) in [6.45, 7) is 4.37. The van der Waals surface area contributed by atoms with Crippen LogP contribution < -0.4 is 4.90 Å². The highest BCUT2D eigenvalue weighted by Gasteiger charge is 2.25. The number of nitrogens with zero attached hydrogens (tertiary/aromatic N) is 1. The van der Waals surface area contributed by atoms with E-state index in [1.165, 1.54) is 0 Å². The van der Waals surface area contributed by atoms with Crippen LogP contribution in [0.25, 0.3) is 0 Å². The fraction of sp³-hybridized carbons (Fsp3) is 0.182. The van der Waals surface area contributed by atoms with Crippen molar-refractivity contribution in [3.63, 3.8) is 0 Å². The summed E-state index contributed by atoms with van der Waals surface area (Å²) >= 11 is 0. The standard InChI is InChI=1S/C11H11NO2/c1-8-6-7-12(11(8)14)9-2-4-10(13)5-3-9/h2-5,13H,1,6-7H2. The van der Waals surface area contributed by atoms with Crippen LogP contribution in [0, 0.1) is 0 Å². The number of phenols is 1. The molecule has 0 aromatic heterocycles. The van der Waals surface area contributed by atoms with Gasteiger partial charge in [-0.2, -0.15) is 0 Å². The average Bonchev–Trinajstić information content (AvgIpc) is 2.50. The van der Waals surface area contributed by atoms with Crippen molar-refractivity contribution in [2.45, 2.75) is 6.42 Å². The zero-order chi connectivity index (χ0) is 10.1. The van der Waals surface area contributed by atoms with Gasteiger partial charge in [0.05, 0.1) is 0 Å². The van der Waals surface area contributed by atoms with E-state index in [1.54, 1.807) is 29.2 Å². The monoisotopic (exact) mass is 189 g/mol. The number of phenolic OH excluding ortho intramolecular Hbond substituents is 1. The minimum Gasteiger partial charge on any atom is -0.508 e. The van der Waals surface area contributed by atoms with Gasteiger partial charge in [0.25, 0.3) is 5.91 Å². The summed E-state index contributed by atoms with van der Waals surface area (Å²) < 4.78 is 0. The fourth-order valence-corrected chi connectivity index (χ4v) is 1.53. The highest BCUT2D eigenvalue weighted by Crippen LogP contribution is 2.25. The van der Waals surface area contributed by atoms with Crippen LogP contribution in [0.3, 0.4) is 0 Å². The molecule has 0 unspecified atom stereocenters. The first-order valence-electron chi connectivity index (χ1n) is 4.47. The van der Waals surface area contributed by atoms with Gasteiger partial charge >= 0.3 is 0 Å². The number of aromatic hydroxyl groups is 1. The largest absolute Gasteiger partial charge is 0.508 e. The Labute approximate surface area is 82.3 Å². The Balaban J connectivity index is 2.28. The third-order valence-corrected chi connectivity index (χ3v) is 2.35. The maximum Gasteiger partial charge on any atom is 0.253 e. The van der Waals surface area contributed by atoms with E-state index in [4.69, 9.17) is 5.11 Å². The molecule has 1 aliphatic heterocycles. The SMILES string of the molecule is C=C1CCN(c2ccc(O)cc2)C1=O. The summed E-state index contributed by atoms with van der Waals surface area (Å²) in [6.07, 6.45) is 0.722. The molecule has 1 aromatic carbocycles. The molecule has 0 radical (unpaired) electrons. The third-order valence-electron chi connectivity index (χ3n) is 2.35. The molecular weight excluding hydrogens is 178 g/mol. The molecule has 1 amide bonds. The molecule has 1 heterocycles. The second-order valence-corrected chi connectivity index (χ2v) is 3.33. The zero-order valence-electron chi connectivity index (χ0n) is 7.73. The molecule has 0 atom stereocenters. The van der Waals surface area contributed by atoms with Gasteiger partial charge in [0.15, 0.2) is 0 Å². The number of carbonyl (C=O) groups excluding carboxylic acids is 1. The smallest absolute Gasteiger partial charge is 0.253 e. The van der Waals surface area contributed by atoms with E-state index in [0.29, 0.717) is 12.1 Å². The van der Waals surface area contributed by atoms with Crippen LogP contribution in [0.4, 0.5) is 5.69 Å². The van der Waals surface area contributed by atoms with Crippen molar-refractivity contribution in [3.05, 3.63) is 36.4 Å². The summed E-state index contributed by atoms with van der Waals surface area (Å²) in [6, 6.07) is 6.60. The molecule has 0 spiro atoms. The quantitative estimate of drug-likeness (QED) is 0.683. The lowest BCUT2D eigenvalue weighted by atomic mass is 10.2. The number of rotatable bonds is 1. The van der Waals surface area contributed by atoms with Gasteiger partial charge in [-0.3, -0.25) is 4.79 Å². The van der Waals surface area contributed by atoms with Crippen LogP contribution in [0.2, 0.25) is 0 Å². The van der Waals surface area contributed by atoms with E-state index in [1.807, 2.05) is 0 Å². The average molecular weight is 189 g/mol. The van der Waals surface area contributed by atoms with Gasteiger partial charge in [-0.15, -0.1) is 0 Å². The number of amides is 1. The second-order valence-electron chi connectivity index (χ2n) is 3.33. The van der Waals surface area contributed by atoms with Crippen molar-refractivity contribution in [2.24, 2.45) is 0 Å². The van der Waals surface area contributed by atoms with Crippen LogP contribution in [0.1, 0.15) is 6.42 Å². The lowest BCUT2D eigenvalue weighted by molar-refractivity contribution is -0.114. The summed E-state index contributed by atoms with van der Waals surface area (Å²) in [5, 5.41) is 9.10. The van der Waals surface area contributed by atoms with Crippen LogP contribution in [-0.4, -0.2) is 17.6 Å². The predicted molar refractivity (Wildman–Crippen MR) is 54.2 cm³/mol. The molecular formula is C11H11NO2. The van der Waals surface area contributed by atoms with Crippen molar-refractivity contribution in [2.75, 3.05) is 11.4 Å². The molecule has 1 aliphatic rings. The van der Waals surface area contributed by atoms with Crippen molar-refractivity contribution in [1.29, 1.82) is 0 Å². The van der Waals surface area contributed by atoms with Crippen molar-refractivity contribution in [1.82, 2.24) is 0 Å². The molecule has 1 N–H and O–H groups in total. The van der Waals surface area contributed by atoms with Crippen LogP contribution >= 0.6 is 0 Å². The minimum atomic E-state index is -0.0179. The van der Waals surface area contributed by atoms with E-state index in [9.17, 15) is 4.79 Å². The first-order valence-corrected chi connectivity index (χ1v) is 4.47. The van der Waals surface area contributed by atoms with E-state index in [-0.39, 0.29) is 11.7 Å². The molecule has 0 aliphatic carbocycles. The van der Waals surface area contributed by atoms with E-state index < -0.39 is 0 Å². The Morgan fingerprint density at radius 3 is 2.43 bits per heavy atom. The minimum absolute atomic E-state index is 0.0179.